The molecule has 3 aromatic carbocycles. The third-order valence-corrected chi connectivity index (χ3v) is 6.31. The number of hydrogen-bond donors (Lipinski definition) is 0. The largest absolute Gasteiger partial charge is 0.497 e. The van der Waals surface area contributed by atoms with Gasteiger partial charge in [-0.3, -0.25) is 4.31 Å². The van der Waals surface area contributed by atoms with Crippen molar-refractivity contribution in [1.82, 2.24) is 0 Å². The summed E-state index contributed by atoms with van der Waals surface area (Å²) >= 11 is 0. The minimum absolute atomic E-state index is 0.0572. The van der Waals surface area contributed by atoms with E-state index in [9.17, 15) is 13.2 Å². The number of ether oxygens (including phenoxy) is 3. The molecule has 162 valence electrons. The van der Waals surface area contributed by atoms with Gasteiger partial charge in [0.1, 0.15) is 24.7 Å². The Bertz CT molecular complexity index is 1100. The van der Waals surface area contributed by atoms with Gasteiger partial charge in [-0.25, -0.2) is 13.2 Å². The van der Waals surface area contributed by atoms with Gasteiger partial charge in [-0.1, -0.05) is 18.2 Å². The molecular weight excluding hydrogens is 418 g/mol. The molecule has 0 saturated heterocycles. The molecule has 0 N–H and O–H groups in total. The number of para-hydroxylation sites is 1. The van der Waals surface area contributed by atoms with Crippen LogP contribution in [0, 0.1) is 0 Å². The lowest BCUT2D eigenvalue weighted by atomic mass is 10.2. The number of anilines is 1. The third-order valence-electron chi connectivity index (χ3n) is 4.51. The predicted octanol–water partition coefficient (Wildman–Crippen LogP) is 3.76. The lowest BCUT2D eigenvalue weighted by Crippen LogP contribution is -2.26. The van der Waals surface area contributed by atoms with E-state index in [1.807, 2.05) is 6.07 Å². The van der Waals surface area contributed by atoms with E-state index in [1.165, 1.54) is 35.6 Å². The number of esters is 1. The molecule has 8 heteroatoms. The number of carbonyl (C=O) groups is 1. The fourth-order valence-electron chi connectivity index (χ4n) is 2.75. The van der Waals surface area contributed by atoms with Crippen LogP contribution >= 0.6 is 0 Å². The summed E-state index contributed by atoms with van der Waals surface area (Å²) < 4.78 is 42.5. The van der Waals surface area contributed by atoms with E-state index in [0.29, 0.717) is 11.4 Å². The lowest BCUT2D eigenvalue weighted by molar-refractivity contribution is 0.0450. The van der Waals surface area contributed by atoms with Crippen LogP contribution < -0.4 is 13.8 Å². The molecule has 3 aromatic rings. The Labute approximate surface area is 181 Å². The minimum atomic E-state index is -3.74. The van der Waals surface area contributed by atoms with Crippen molar-refractivity contribution in [3.63, 3.8) is 0 Å². The molecule has 0 bridgehead atoms. The van der Waals surface area contributed by atoms with Crippen LogP contribution in [0.3, 0.4) is 0 Å². The second kappa shape index (κ2) is 9.99. The first-order valence-electron chi connectivity index (χ1n) is 9.50. The molecule has 0 aliphatic carbocycles. The highest BCUT2D eigenvalue weighted by Crippen LogP contribution is 2.22. The Hall–Kier alpha value is -3.52. The summed E-state index contributed by atoms with van der Waals surface area (Å²) in [4.78, 5) is 12.3. The average molecular weight is 442 g/mol. The molecule has 0 fully saturated rings. The highest BCUT2D eigenvalue weighted by Gasteiger charge is 2.21. The zero-order valence-electron chi connectivity index (χ0n) is 17.2. The van der Waals surface area contributed by atoms with Gasteiger partial charge < -0.3 is 14.2 Å². The maximum Gasteiger partial charge on any atom is 0.338 e. The van der Waals surface area contributed by atoms with Gasteiger partial charge in [0.2, 0.25) is 0 Å². The molecule has 3 rings (SSSR count). The van der Waals surface area contributed by atoms with E-state index < -0.39 is 16.0 Å². The second-order valence-corrected chi connectivity index (χ2v) is 8.46. The number of nitrogens with zero attached hydrogens (tertiary/aromatic N) is 1. The number of carbonyl (C=O) groups excluding carboxylic acids is 1. The molecule has 31 heavy (non-hydrogen) atoms. The van der Waals surface area contributed by atoms with Gasteiger partial charge in [-0.15, -0.1) is 0 Å². The van der Waals surface area contributed by atoms with E-state index in [-0.39, 0.29) is 23.7 Å². The fourth-order valence-corrected chi connectivity index (χ4v) is 3.94. The maximum absolute atomic E-state index is 12.8. The molecule has 0 atom stereocenters. The Morgan fingerprint density at radius 3 is 2.06 bits per heavy atom. The summed E-state index contributed by atoms with van der Waals surface area (Å²) in [5.74, 6) is 0.798. The third kappa shape index (κ3) is 5.55. The van der Waals surface area contributed by atoms with Crippen molar-refractivity contribution in [2.24, 2.45) is 0 Å². The first kappa shape index (κ1) is 22.2. The van der Waals surface area contributed by atoms with Crippen molar-refractivity contribution in [2.45, 2.75) is 4.90 Å². The molecule has 0 unspecified atom stereocenters. The monoisotopic (exact) mass is 441 g/mol. The molecule has 0 aliphatic rings. The van der Waals surface area contributed by atoms with Crippen LogP contribution in [0.25, 0.3) is 0 Å². The van der Waals surface area contributed by atoms with E-state index in [1.54, 1.807) is 55.6 Å². The molecule has 0 aromatic heterocycles. The zero-order chi connectivity index (χ0) is 22.3. The zero-order valence-corrected chi connectivity index (χ0v) is 18.0. The fraction of sp³-hybridized carbons (Fsp3) is 0.174. The Balaban J connectivity index is 1.54. The number of benzene rings is 3. The van der Waals surface area contributed by atoms with Gasteiger partial charge in [0.05, 0.1) is 23.3 Å². The molecule has 0 saturated carbocycles. The van der Waals surface area contributed by atoms with Gasteiger partial charge in [0, 0.05) is 7.05 Å². The molecule has 0 heterocycles. The second-order valence-electron chi connectivity index (χ2n) is 6.49. The van der Waals surface area contributed by atoms with Crippen LogP contribution in [-0.4, -0.2) is 41.8 Å². The summed E-state index contributed by atoms with van der Waals surface area (Å²) in [6.07, 6.45) is 0. The SMILES string of the molecule is COc1ccc(OCCOC(=O)c2ccc(S(=O)(=O)N(C)c3ccccc3)cc2)cc1. The van der Waals surface area contributed by atoms with Crippen LogP contribution in [0.5, 0.6) is 11.5 Å². The topological polar surface area (TPSA) is 82.1 Å². The van der Waals surface area contributed by atoms with E-state index in [0.717, 1.165) is 5.75 Å². The molecule has 0 aliphatic heterocycles. The van der Waals surface area contributed by atoms with Crippen LogP contribution in [0.2, 0.25) is 0 Å². The Morgan fingerprint density at radius 1 is 0.839 bits per heavy atom. The predicted molar refractivity (Wildman–Crippen MR) is 117 cm³/mol. The Morgan fingerprint density at radius 2 is 1.45 bits per heavy atom. The number of rotatable bonds is 9. The first-order chi connectivity index (χ1) is 14.9. The lowest BCUT2D eigenvalue weighted by Gasteiger charge is -2.19. The summed E-state index contributed by atoms with van der Waals surface area (Å²) in [6, 6.07) is 21.4. The van der Waals surface area contributed by atoms with Gasteiger partial charge in [0.15, 0.2) is 0 Å². The van der Waals surface area contributed by atoms with Gasteiger partial charge in [-0.2, -0.15) is 0 Å². The Kier molecular flexibility index (Phi) is 7.15. The molecule has 7 nitrogen and oxygen atoms in total. The minimum Gasteiger partial charge on any atom is -0.497 e. The van der Waals surface area contributed by atoms with E-state index >= 15 is 0 Å². The highest BCUT2D eigenvalue weighted by molar-refractivity contribution is 7.92. The van der Waals surface area contributed by atoms with Crippen molar-refractivity contribution in [3.8, 4) is 11.5 Å². The first-order valence-corrected chi connectivity index (χ1v) is 10.9. The standard InChI is InChI=1S/C23H23NO6S/c1-24(19-6-4-3-5-7-19)31(26,27)22-14-8-18(9-15-22)23(25)30-17-16-29-21-12-10-20(28-2)11-13-21/h3-15H,16-17H2,1-2H3. The molecule has 0 spiro atoms. The summed E-state index contributed by atoms with van der Waals surface area (Å²) in [5, 5.41) is 0. The maximum atomic E-state index is 12.8. The number of hydrogen-bond acceptors (Lipinski definition) is 6. The van der Waals surface area contributed by atoms with Gasteiger partial charge in [-0.05, 0) is 60.7 Å². The summed E-state index contributed by atoms with van der Waals surface area (Å²) in [7, 11) is -0.675. The highest BCUT2D eigenvalue weighted by atomic mass is 32.2. The van der Waals surface area contributed by atoms with Crippen LogP contribution in [-0.2, 0) is 14.8 Å². The average Bonchev–Trinajstić information content (AvgIpc) is 2.82. The smallest absolute Gasteiger partial charge is 0.338 e. The van der Waals surface area contributed by atoms with Crippen molar-refractivity contribution < 1.29 is 27.4 Å². The van der Waals surface area contributed by atoms with Crippen LogP contribution in [0.15, 0.2) is 83.8 Å². The van der Waals surface area contributed by atoms with Crippen molar-refractivity contribution in [1.29, 1.82) is 0 Å². The van der Waals surface area contributed by atoms with E-state index in [2.05, 4.69) is 0 Å². The normalized spacial score (nSPS) is 10.9. The van der Waals surface area contributed by atoms with E-state index in [4.69, 9.17) is 14.2 Å². The van der Waals surface area contributed by atoms with Crippen molar-refractivity contribution >= 4 is 21.7 Å². The van der Waals surface area contributed by atoms with Gasteiger partial charge >= 0.3 is 5.97 Å². The van der Waals surface area contributed by atoms with Crippen LogP contribution in [0.1, 0.15) is 10.4 Å². The molecular formula is C23H23NO6S. The number of sulfonamides is 1. The molecule has 0 amide bonds. The molecule has 0 radical (unpaired) electrons. The van der Waals surface area contributed by atoms with Crippen molar-refractivity contribution in [3.05, 3.63) is 84.4 Å². The quantitative estimate of drug-likeness (QED) is 0.372. The van der Waals surface area contributed by atoms with Gasteiger partial charge in [0.25, 0.3) is 10.0 Å². The van der Waals surface area contributed by atoms with Crippen molar-refractivity contribution in [2.75, 3.05) is 31.7 Å². The van der Waals surface area contributed by atoms with Crippen LogP contribution in [0.4, 0.5) is 5.69 Å². The number of methoxy groups -OCH3 is 1. The summed E-state index contributed by atoms with van der Waals surface area (Å²) in [5.41, 5.74) is 0.800. The summed E-state index contributed by atoms with van der Waals surface area (Å²) in [6.45, 7) is 0.244.